The van der Waals surface area contributed by atoms with E-state index in [4.69, 9.17) is 4.52 Å². The third-order valence-corrected chi connectivity index (χ3v) is 5.36. The molecule has 1 saturated carbocycles. The molecule has 0 unspecified atom stereocenters. The van der Waals surface area contributed by atoms with Crippen molar-refractivity contribution in [2.24, 2.45) is 0 Å². The van der Waals surface area contributed by atoms with E-state index in [-0.39, 0.29) is 17.2 Å². The van der Waals surface area contributed by atoms with Crippen LogP contribution >= 0.6 is 0 Å². The average Bonchev–Trinajstić information content (AvgIpc) is 3.36. The minimum absolute atomic E-state index is 0.0877. The van der Waals surface area contributed by atoms with Crippen molar-refractivity contribution in [2.75, 3.05) is 13.4 Å². The molecular formula is C17H14F3NO6S. The summed E-state index contributed by atoms with van der Waals surface area (Å²) in [5, 5.41) is 3.54. The fourth-order valence-corrected chi connectivity index (χ4v) is 3.61. The third kappa shape index (κ3) is 3.66. The number of rotatable bonds is 5. The predicted molar refractivity (Wildman–Crippen MR) is 87.8 cm³/mol. The van der Waals surface area contributed by atoms with Crippen molar-refractivity contribution < 1.29 is 40.4 Å². The second kappa shape index (κ2) is 6.73. The first-order valence-electron chi connectivity index (χ1n) is 7.99. The first-order valence-corrected chi connectivity index (χ1v) is 9.88. The number of ketones is 1. The molecule has 2 aromatic rings. The Morgan fingerprint density at radius 1 is 1.25 bits per heavy atom. The van der Waals surface area contributed by atoms with E-state index in [2.05, 4.69) is 9.89 Å². The van der Waals surface area contributed by atoms with E-state index in [0.29, 0.717) is 31.2 Å². The van der Waals surface area contributed by atoms with E-state index in [1.807, 2.05) is 0 Å². The van der Waals surface area contributed by atoms with Gasteiger partial charge in [0.05, 0.1) is 17.6 Å². The van der Waals surface area contributed by atoms with Crippen LogP contribution in [0.3, 0.4) is 0 Å². The van der Waals surface area contributed by atoms with Crippen LogP contribution in [0.1, 0.15) is 56.5 Å². The van der Waals surface area contributed by atoms with Gasteiger partial charge in [-0.3, -0.25) is 4.79 Å². The molecule has 11 heteroatoms. The zero-order valence-electron chi connectivity index (χ0n) is 14.7. The molecule has 7 nitrogen and oxygen atoms in total. The van der Waals surface area contributed by atoms with Crippen LogP contribution in [0.4, 0.5) is 13.2 Å². The summed E-state index contributed by atoms with van der Waals surface area (Å²) in [5.74, 6) is -2.05. The predicted octanol–water partition coefficient (Wildman–Crippen LogP) is 2.99. The molecule has 150 valence electrons. The molecule has 28 heavy (non-hydrogen) atoms. The summed E-state index contributed by atoms with van der Waals surface area (Å²) in [6.07, 6.45) is -2.77. The fourth-order valence-electron chi connectivity index (χ4n) is 2.71. The molecule has 0 radical (unpaired) electrons. The summed E-state index contributed by atoms with van der Waals surface area (Å²) < 4.78 is 72.7. The maximum atomic E-state index is 13.1. The molecule has 1 aliphatic carbocycles. The van der Waals surface area contributed by atoms with Gasteiger partial charge >= 0.3 is 12.1 Å². The molecule has 1 aromatic heterocycles. The Balaban J connectivity index is 2.21. The van der Waals surface area contributed by atoms with Gasteiger partial charge in [-0.1, -0.05) is 5.16 Å². The molecule has 1 heterocycles. The lowest BCUT2D eigenvalue weighted by Gasteiger charge is -2.12. The minimum Gasteiger partial charge on any atom is -0.464 e. The Labute approximate surface area is 157 Å². The molecule has 0 bridgehead atoms. The van der Waals surface area contributed by atoms with Crippen molar-refractivity contribution in [3.05, 3.63) is 46.3 Å². The number of ether oxygens (including phenoxy) is 1. The average molecular weight is 417 g/mol. The van der Waals surface area contributed by atoms with Crippen LogP contribution in [0.2, 0.25) is 0 Å². The second-order valence-electron chi connectivity index (χ2n) is 6.35. The van der Waals surface area contributed by atoms with Gasteiger partial charge in [0.25, 0.3) is 0 Å². The number of carbonyl (C=O) groups excluding carboxylic acids is 2. The maximum Gasteiger partial charge on any atom is 0.416 e. The van der Waals surface area contributed by atoms with Gasteiger partial charge in [0.1, 0.15) is 5.56 Å². The Morgan fingerprint density at radius 2 is 1.89 bits per heavy atom. The topological polar surface area (TPSA) is 104 Å². The summed E-state index contributed by atoms with van der Waals surface area (Å²) in [4.78, 5) is 24.2. The lowest BCUT2D eigenvalue weighted by molar-refractivity contribution is -0.137. The third-order valence-electron chi connectivity index (χ3n) is 4.23. The van der Waals surface area contributed by atoms with E-state index in [1.165, 1.54) is 0 Å². The Morgan fingerprint density at radius 3 is 2.39 bits per heavy atom. The number of halogens is 3. The van der Waals surface area contributed by atoms with Gasteiger partial charge in [0.2, 0.25) is 5.69 Å². The molecule has 1 aliphatic rings. The monoisotopic (exact) mass is 417 g/mol. The first-order chi connectivity index (χ1) is 12.9. The van der Waals surface area contributed by atoms with E-state index in [0.717, 1.165) is 13.2 Å². The molecule has 1 aromatic carbocycles. The maximum absolute atomic E-state index is 13.1. The number of hydrogen-bond acceptors (Lipinski definition) is 7. The molecule has 3 rings (SSSR count). The molecule has 0 N–H and O–H groups in total. The molecule has 0 saturated heterocycles. The molecule has 0 aliphatic heterocycles. The van der Waals surface area contributed by atoms with Gasteiger partial charge in [0.15, 0.2) is 21.4 Å². The smallest absolute Gasteiger partial charge is 0.416 e. The van der Waals surface area contributed by atoms with Gasteiger partial charge < -0.3 is 9.26 Å². The van der Waals surface area contributed by atoms with Crippen molar-refractivity contribution in [1.82, 2.24) is 5.16 Å². The quantitative estimate of drug-likeness (QED) is 0.544. The number of alkyl halides is 3. The van der Waals surface area contributed by atoms with E-state index >= 15 is 0 Å². The van der Waals surface area contributed by atoms with E-state index in [9.17, 15) is 31.2 Å². The second-order valence-corrected chi connectivity index (χ2v) is 8.33. The van der Waals surface area contributed by atoms with Crippen molar-refractivity contribution in [3.63, 3.8) is 0 Å². The summed E-state index contributed by atoms with van der Waals surface area (Å²) in [6.45, 7) is 0. The lowest BCUT2D eigenvalue weighted by atomic mass is 9.98. The van der Waals surface area contributed by atoms with Crippen molar-refractivity contribution in [2.45, 2.75) is 29.8 Å². The van der Waals surface area contributed by atoms with Gasteiger partial charge in [-0.2, -0.15) is 13.2 Å². The highest BCUT2D eigenvalue weighted by Gasteiger charge is 2.39. The van der Waals surface area contributed by atoms with Crippen LogP contribution < -0.4 is 0 Å². The zero-order valence-corrected chi connectivity index (χ0v) is 15.5. The highest BCUT2D eigenvalue weighted by atomic mass is 32.2. The van der Waals surface area contributed by atoms with Crippen molar-refractivity contribution >= 4 is 21.6 Å². The number of carbonyl (C=O) groups is 2. The summed E-state index contributed by atoms with van der Waals surface area (Å²) in [6, 6.07) is 1.76. The normalized spacial score (nSPS) is 14.8. The molecule has 0 amide bonds. The molecule has 0 spiro atoms. The van der Waals surface area contributed by atoms with Crippen molar-refractivity contribution in [3.8, 4) is 0 Å². The van der Waals surface area contributed by atoms with Crippen LogP contribution in [-0.2, 0) is 20.8 Å². The number of aromatic nitrogens is 1. The molecular weight excluding hydrogens is 403 g/mol. The van der Waals surface area contributed by atoms with Gasteiger partial charge in [-0.25, -0.2) is 13.2 Å². The Kier molecular flexibility index (Phi) is 4.82. The molecule has 1 fully saturated rings. The highest BCUT2D eigenvalue weighted by Crippen LogP contribution is 2.43. The number of methoxy groups -OCH3 is 1. The van der Waals surface area contributed by atoms with Crippen LogP contribution in [0.5, 0.6) is 0 Å². The minimum atomic E-state index is -4.80. The van der Waals surface area contributed by atoms with Gasteiger partial charge in [-0.05, 0) is 31.0 Å². The summed E-state index contributed by atoms with van der Waals surface area (Å²) >= 11 is 0. The number of nitrogens with zero attached hydrogens (tertiary/aromatic N) is 1. The summed E-state index contributed by atoms with van der Waals surface area (Å²) in [7, 11) is -3.14. The van der Waals surface area contributed by atoms with Crippen LogP contribution in [0, 0.1) is 0 Å². The van der Waals surface area contributed by atoms with Crippen LogP contribution in [-0.4, -0.2) is 38.7 Å². The van der Waals surface area contributed by atoms with Crippen LogP contribution in [0.15, 0.2) is 27.6 Å². The highest BCUT2D eigenvalue weighted by molar-refractivity contribution is 7.90. The first kappa shape index (κ1) is 20.1. The molecule has 0 atom stereocenters. The van der Waals surface area contributed by atoms with Crippen LogP contribution in [0.25, 0.3) is 0 Å². The van der Waals surface area contributed by atoms with E-state index in [1.54, 1.807) is 0 Å². The number of esters is 1. The SMILES string of the molecule is COC(=O)c1noc(C2CC2)c1C(=O)c1ccc(C(F)(F)F)cc1S(C)(=O)=O. The van der Waals surface area contributed by atoms with Gasteiger partial charge in [0, 0.05) is 17.7 Å². The zero-order chi connectivity index (χ0) is 20.9. The van der Waals surface area contributed by atoms with E-state index < -0.39 is 49.5 Å². The Hall–Kier alpha value is -2.69. The number of hydrogen-bond donors (Lipinski definition) is 0. The number of sulfone groups is 1. The lowest BCUT2D eigenvalue weighted by Crippen LogP contribution is -2.16. The standard InChI is InChI=1S/C17H14F3NO6S/c1-26-16(23)13-12(15(27-21-13)8-3-4-8)14(22)10-6-5-9(17(18,19)20)7-11(10)28(2,24)25/h5-8H,3-4H2,1-2H3. The summed E-state index contributed by atoms with van der Waals surface area (Å²) in [5.41, 5.74) is -2.47. The van der Waals surface area contributed by atoms with Crippen molar-refractivity contribution in [1.29, 1.82) is 0 Å². The number of benzene rings is 1. The van der Waals surface area contributed by atoms with Gasteiger partial charge in [-0.15, -0.1) is 0 Å². The largest absolute Gasteiger partial charge is 0.464 e. The Bertz CT molecular complexity index is 1070. The fraction of sp³-hybridized carbons (Fsp3) is 0.353.